The summed E-state index contributed by atoms with van der Waals surface area (Å²) in [5, 5.41) is 17.6. The molecule has 1 rings (SSSR count). The highest BCUT2D eigenvalue weighted by Crippen LogP contribution is 2.24. The van der Waals surface area contributed by atoms with E-state index in [2.05, 4.69) is 0 Å². The van der Waals surface area contributed by atoms with Crippen LogP contribution in [-0.2, 0) is 0 Å². The van der Waals surface area contributed by atoms with Gasteiger partial charge >= 0.3 is 5.97 Å². The second kappa shape index (κ2) is 3.79. The monoisotopic (exact) mass is 191 g/mol. The van der Waals surface area contributed by atoms with Gasteiger partial charge in [0.15, 0.2) is 5.75 Å². The van der Waals surface area contributed by atoms with Crippen LogP contribution in [0.2, 0.25) is 0 Å². The number of nitrogens with zero attached hydrogens (tertiary/aromatic N) is 1. The van der Waals surface area contributed by atoms with Crippen molar-refractivity contribution in [3.05, 3.63) is 28.8 Å². The van der Waals surface area contributed by atoms with Gasteiger partial charge in [-0.3, -0.25) is 0 Å². The summed E-state index contributed by atoms with van der Waals surface area (Å²) in [6, 6.07) is 4.96. The third-order valence-corrected chi connectivity index (χ3v) is 1.79. The van der Waals surface area contributed by atoms with Gasteiger partial charge in [0, 0.05) is 0 Å². The van der Waals surface area contributed by atoms with E-state index in [1.165, 1.54) is 13.2 Å². The molecule has 0 bridgehead atoms. The van der Waals surface area contributed by atoms with Crippen molar-refractivity contribution in [3.8, 4) is 11.8 Å². The van der Waals surface area contributed by atoms with Gasteiger partial charge in [-0.15, -0.1) is 0 Å². The lowest BCUT2D eigenvalue weighted by molar-refractivity contribution is 0.0693. The van der Waals surface area contributed by atoms with Crippen LogP contribution in [0.5, 0.6) is 5.75 Å². The Morgan fingerprint density at radius 1 is 1.57 bits per heavy atom. The summed E-state index contributed by atoms with van der Waals surface area (Å²) in [5.41, 5.74) is 0.980. The first-order valence-electron chi connectivity index (χ1n) is 3.92. The molecule has 1 aromatic carbocycles. The van der Waals surface area contributed by atoms with Gasteiger partial charge in [-0.2, -0.15) is 5.26 Å². The maximum atomic E-state index is 10.8. The average molecular weight is 191 g/mol. The number of methoxy groups -OCH3 is 1. The molecule has 0 saturated heterocycles. The Labute approximate surface area is 81.4 Å². The van der Waals surface area contributed by atoms with Crippen molar-refractivity contribution in [3.63, 3.8) is 0 Å². The van der Waals surface area contributed by atoms with Gasteiger partial charge in [-0.1, -0.05) is 0 Å². The van der Waals surface area contributed by atoms with Crippen LogP contribution in [0, 0.1) is 18.3 Å². The zero-order valence-electron chi connectivity index (χ0n) is 7.87. The normalized spacial score (nSPS) is 9.21. The molecule has 1 N–H and O–H groups in total. The minimum absolute atomic E-state index is 0.0176. The molecule has 0 amide bonds. The van der Waals surface area contributed by atoms with Gasteiger partial charge in [0.05, 0.1) is 12.7 Å². The molecule has 0 saturated carbocycles. The molecule has 0 spiro atoms. The Morgan fingerprint density at radius 3 is 2.64 bits per heavy atom. The van der Waals surface area contributed by atoms with Crippen LogP contribution in [0.3, 0.4) is 0 Å². The minimum atomic E-state index is -1.10. The van der Waals surface area contributed by atoms with Gasteiger partial charge in [-0.05, 0) is 24.6 Å². The highest BCUT2D eigenvalue weighted by molar-refractivity contribution is 5.92. The lowest BCUT2D eigenvalue weighted by Gasteiger charge is -2.07. The molecule has 0 radical (unpaired) electrons. The maximum Gasteiger partial charge on any atom is 0.339 e. The number of hydrogen-bond acceptors (Lipinski definition) is 3. The number of nitriles is 1. The third kappa shape index (κ3) is 1.67. The maximum absolute atomic E-state index is 10.8. The van der Waals surface area contributed by atoms with Gasteiger partial charge in [0.25, 0.3) is 0 Å². The van der Waals surface area contributed by atoms with E-state index in [-0.39, 0.29) is 16.9 Å². The molecule has 4 heteroatoms. The summed E-state index contributed by atoms with van der Waals surface area (Å²) >= 11 is 0. The first-order chi connectivity index (χ1) is 6.60. The number of hydrogen-bond donors (Lipinski definition) is 1. The number of ether oxygens (including phenoxy) is 1. The molecule has 4 nitrogen and oxygen atoms in total. The summed E-state index contributed by atoms with van der Waals surface area (Å²) in [7, 11) is 1.35. The van der Waals surface area contributed by atoms with Gasteiger partial charge in [0.2, 0.25) is 0 Å². The number of carbonyl (C=O) groups is 1. The Bertz CT molecular complexity index is 418. The van der Waals surface area contributed by atoms with Crippen LogP contribution < -0.4 is 4.74 Å². The minimum Gasteiger partial charge on any atom is -0.494 e. The Kier molecular flexibility index (Phi) is 2.73. The number of rotatable bonds is 2. The van der Waals surface area contributed by atoms with Crippen molar-refractivity contribution in [2.75, 3.05) is 7.11 Å². The van der Waals surface area contributed by atoms with Crippen LogP contribution in [0.15, 0.2) is 12.1 Å². The third-order valence-electron chi connectivity index (χ3n) is 1.79. The largest absolute Gasteiger partial charge is 0.494 e. The van der Waals surface area contributed by atoms with E-state index in [1.54, 1.807) is 13.0 Å². The smallest absolute Gasteiger partial charge is 0.339 e. The van der Waals surface area contributed by atoms with E-state index in [0.717, 1.165) is 5.56 Å². The highest BCUT2D eigenvalue weighted by Gasteiger charge is 2.15. The quantitative estimate of drug-likeness (QED) is 0.770. The van der Waals surface area contributed by atoms with Crippen LogP contribution in [0.1, 0.15) is 21.5 Å². The zero-order chi connectivity index (χ0) is 10.7. The van der Waals surface area contributed by atoms with E-state index >= 15 is 0 Å². The van der Waals surface area contributed by atoms with Crippen LogP contribution in [0.4, 0.5) is 0 Å². The Balaban J connectivity index is 3.49. The lowest BCUT2D eigenvalue weighted by Crippen LogP contribution is -2.03. The fraction of sp³-hybridized carbons (Fsp3) is 0.200. The van der Waals surface area contributed by atoms with Crippen molar-refractivity contribution in [1.82, 2.24) is 0 Å². The SMILES string of the molecule is COc1c(C#N)cc(C)cc1C(=O)O. The molecule has 0 aliphatic heterocycles. The first-order valence-corrected chi connectivity index (χ1v) is 3.92. The van der Waals surface area contributed by atoms with E-state index in [4.69, 9.17) is 15.1 Å². The molecule has 0 unspecified atom stereocenters. The van der Waals surface area contributed by atoms with E-state index in [9.17, 15) is 4.79 Å². The molecule has 72 valence electrons. The van der Waals surface area contributed by atoms with Crippen LogP contribution in [0.25, 0.3) is 0 Å². The van der Waals surface area contributed by atoms with Crippen LogP contribution >= 0.6 is 0 Å². The van der Waals surface area contributed by atoms with Gasteiger partial charge in [0.1, 0.15) is 11.6 Å². The molecule has 0 atom stereocenters. The van der Waals surface area contributed by atoms with Crippen LogP contribution in [-0.4, -0.2) is 18.2 Å². The topological polar surface area (TPSA) is 70.3 Å². The number of carboxylic acid groups (broad SMARTS) is 1. The number of benzene rings is 1. The molecule has 0 aliphatic carbocycles. The van der Waals surface area contributed by atoms with Gasteiger partial charge in [-0.25, -0.2) is 4.79 Å². The summed E-state index contributed by atoms with van der Waals surface area (Å²) in [6.07, 6.45) is 0. The molecule has 0 aromatic heterocycles. The van der Waals surface area contributed by atoms with Crippen molar-refractivity contribution in [2.24, 2.45) is 0 Å². The second-order valence-electron chi connectivity index (χ2n) is 2.81. The molecule has 0 heterocycles. The fourth-order valence-electron chi connectivity index (χ4n) is 1.24. The summed E-state index contributed by atoms with van der Waals surface area (Å²) in [4.78, 5) is 10.8. The zero-order valence-corrected chi connectivity index (χ0v) is 7.87. The Morgan fingerprint density at radius 2 is 2.21 bits per heavy atom. The van der Waals surface area contributed by atoms with Crippen molar-refractivity contribution >= 4 is 5.97 Å². The molecular weight excluding hydrogens is 182 g/mol. The average Bonchev–Trinajstić information content (AvgIpc) is 2.16. The number of aromatic carboxylic acids is 1. The molecule has 0 fully saturated rings. The highest BCUT2D eigenvalue weighted by atomic mass is 16.5. The van der Waals surface area contributed by atoms with E-state index in [0.29, 0.717) is 0 Å². The predicted octanol–water partition coefficient (Wildman–Crippen LogP) is 1.57. The lowest BCUT2D eigenvalue weighted by atomic mass is 10.1. The molecule has 0 aliphatic rings. The van der Waals surface area contributed by atoms with Crippen molar-refractivity contribution in [1.29, 1.82) is 5.26 Å². The van der Waals surface area contributed by atoms with E-state index in [1.807, 2.05) is 6.07 Å². The summed E-state index contributed by atoms with van der Waals surface area (Å²) < 4.78 is 4.88. The number of carboxylic acids is 1. The summed E-state index contributed by atoms with van der Waals surface area (Å²) in [5.74, 6) is -0.979. The predicted molar refractivity (Wildman–Crippen MR) is 49.4 cm³/mol. The second-order valence-corrected chi connectivity index (χ2v) is 2.81. The van der Waals surface area contributed by atoms with Crippen molar-refractivity contribution < 1.29 is 14.6 Å². The fourth-order valence-corrected chi connectivity index (χ4v) is 1.24. The summed E-state index contributed by atoms with van der Waals surface area (Å²) in [6.45, 7) is 1.73. The standard InChI is InChI=1S/C10H9NO3/c1-6-3-7(5-11)9(14-2)8(4-6)10(12)13/h3-4H,1-2H3,(H,12,13). The molecule has 1 aromatic rings. The molecule has 14 heavy (non-hydrogen) atoms. The van der Waals surface area contributed by atoms with Crippen molar-refractivity contribution in [2.45, 2.75) is 6.92 Å². The first kappa shape index (κ1) is 10.1. The van der Waals surface area contributed by atoms with Gasteiger partial charge < -0.3 is 9.84 Å². The number of aryl methyl sites for hydroxylation is 1. The molecular formula is C10H9NO3. The Hall–Kier alpha value is -2.02. The van der Waals surface area contributed by atoms with E-state index < -0.39 is 5.97 Å².